The third-order valence-electron chi connectivity index (χ3n) is 2.10. The fourth-order valence-electron chi connectivity index (χ4n) is 1.24. The summed E-state index contributed by atoms with van der Waals surface area (Å²) in [6.07, 6.45) is 1.32. The molecule has 0 aliphatic carbocycles. The van der Waals surface area contributed by atoms with Crippen molar-refractivity contribution in [2.45, 2.75) is 11.8 Å². The van der Waals surface area contributed by atoms with Crippen LogP contribution in [-0.4, -0.2) is 17.6 Å². The fourth-order valence-corrected chi connectivity index (χ4v) is 2.53. The Hall–Kier alpha value is -1.33. The lowest BCUT2D eigenvalue weighted by molar-refractivity contribution is 0.580. The molecule has 0 radical (unpaired) electrons. The summed E-state index contributed by atoms with van der Waals surface area (Å²) in [5.41, 5.74) is 0.998. The number of halogens is 1. The molecule has 0 amide bonds. The van der Waals surface area contributed by atoms with Crippen LogP contribution in [0.1, 0.15) is 5.56 Å². The molecular formula is C10H9ClN2O2S. The van der Waals surface area contributed by atoms with Crippen molar-refractivity contribution in [3.63, 3.8) is 0 Å². The highest BCUT2D eigenvalue weighted by Crippen LogP contribution is 2.15. The Morgan fingerprint density at radius 1 is 1.19 bits per heavy atom. The van der Waals surface area contributed by atoms with Gasteiger partial charge in [0.2, 0.25) is 0 Å². The Morgan fingerprint density at radius 2 is 1.81 bits per heavy atom. The molecule has 0 saturated carbocycles. The lowest BCUT2D eigenvalue weighted by Crippen LogP contribution is -2.13. The number of benzene rings is 1. The van der Waals surface area contributed by atoms with E-state index in [1.165, 1.54) is 12.3 Å². The summed E-state index contributed by atoms with van der Waals surface area (Å²) in [5, 5.41) is 3.82. The van der Waals surface area contributed by atoms with E-state index in [2.05, 4.69) is 5.10 Å². The maximum absolute atomic E-state index is 12.0. The van der Waals surface area contributed by atoms with Crippen LogP contribution in [0.2, 0.25) is 5.15 Å². The van der Waals surface area contributed by atoms with Gasteiger partial charge in [-0.1, -0.05) is 29.3 Å². The van der Waals surface area contributed by atoms with E-state index < -0.39 is 10.0 Å². The maximum atomic E-state index is 12.0. The van der Waals surface area contributed by atoms with Crippen molar-refractivity contribution in [2.24, 2.45) is 0 Å². The predicted octanol–water partition coefficient (Wildman–Crippen LogP) is 2.08. The molecule has 0 aliphatic heterocycles. The van der Waals surface area contributed by atoms with Gasteiger partial charge < -0.3 is 0 Å². The third-order valence-corrected chi connectivity index (χ3v) is 3.86. The molecule has 2 aromatic rings. The van der Waals surface area contributed by atoms with Crippen LogP contribution >= 0.6 is 11.6 Å². The van der Waals surface area contributed by atoms with Gasteiger partial charge in [0.05, 0.1) is 4.90 Å². The van der Waals surface area contributed by atoms with E-state index >= 15 is 0 Å². The molecule has 0 bridgehead atoms. The minimum atomic E-state index is -3.61. The molecule has 0 spiro atoms. The standard InChI is InChI=1S/C10H9ClN2O2S/c1-8-2-4-9(5-3-8)16(14,15)13-7-6-10(11)12-13/h2-7H,1H3. The van der Waals surface area contributed by atoms with Crippen molar-refractivity contribution in [1.82, 2.24) is 9.19 Å². The maximum Gasteiger partial charge on any atom is 0.282 e. The van der Waals surface area contributed by atoms with Crippen molar-refractivity contribution in [1.29, 1.82) is 0 Å². The summed E-state index contributed by atoms with van der Waals surface area (Å²) in [6.45, 7) is 1.89. The lowest BCUT2D eigenvalue weighted by Gasteiger charge is -2.03. The van der Waals surface area contributed by atoms with Crippen LogP contribution in [0.15, 0.2) is 41.4 Å². The monoisotopic (exact) mass is 256 g/mol. The number of aryl methyl sites for hydroxylation is 1. The summed E-state index contributed by atoms with van der Waals surface area (Å²) < 4.78 is 24.9. The summed E-state index contributed by atoms with van der Waals surface area (Å²) in [6, 6.07) is 7.98. The molecule has 0 fully saturated rings. The van der Waals surface area contributed by atoms with Crippen LogP contribution in [0.5, 0.6) is 0 Å². The zero-order valence-electron chi connectivity index (χ0n) is 8.46. The van der Waals surface area contributed by atoms with Gasteiger partial charge in [-0.05, 0) is 25.1 Å². The van der Waals surface area contributed by atoms with Crippen molar-refractivity contribution >= 4 is 21.6 Å². The molecule has 4 nitrogen and oxygen atoms in total. The SMILES string of the molecule is Cc1ccc(S(=O)(=O)n2ccc(Cl)n2)cc1. The van der Waals surface area contributed by atoms with E-state index in [0.29, 0.717) is 0 Å². The van der Waals surface area contributed by atoms with E-state index in [-0.39, 0.29) is 10.0 Å². The summed E-state index contributed by atoms with van der Waals surface area (Å²) >= 11 is 5.58. The second kappa shape index (κ2) is 3.92. The molecule has 0 unspecified atom stereocenters. The topological polar surface area (TPSA) is 52.0 Å². The molecule has 16 heavy (non-hydrogen) atoms. The van der Waals surface area contributed by atoms with E-state index in [0.717, 1.165) is 9.65 Å². The number of nitrogens with zero attached hydrogens (tertiary/aromatic N) is 2. The molecule has 84 valence electrons. The zero-order valence-corrected chi connectivity index (χ0v) is 10.0. The molecule has 0 atom stereocenters. The van der Waals surface area contributed by atoms with E-state index in [9.17, 15) is 8.42 Å². The largest absolute Gasteiger partial charge is 0.282 e. The second-order valence-corrected chi connectivity index (χ2v) is 5.51. The highest BCUT2D eigenvalue weighted by atomic mass is 35.5. The molecule has 0 N–H and O–H groups in total. The van der Waals surface area contributed by atoms with Gasteiger partial charge >= 0.3 is 0 Å². The van der Waals surface area contributed by atoms with E-state index in [1.54, 1.807) is 24.3 Å². The van der Waals surface area contributed by atoms with Crippen LogP contribution in [0.4, 0.5) is 0 Å². The second-order valence-electron chi connectivity index (χ2n) is 3.33. The normalized spacial score (nSPS) is 11.6. The average Bonchev–Trinajstić information content (AvgIpc) is 2.66. The summed E-state index contributed by atoms with van der Waals surface area (Å²) in [7, 11) is -3.61. The first-order valence-corrected chi connectivity index (χ1v) is 6.35. The number of hydrogen-bond acceptors (Lipinski definition) is 3. The Morgan fingerprint density at radius 3 is 2.31 bits per heavy atom. The van der Waals surface area contributed by atoms with E-state index in [1.807, 2.05) is 6.92 Å². The highest BCUT2D eigenvalue weighted by Gasteiger charge is 2.17. The number of aromatic nitrogens is 2. The smallest absolute Gasteiger partial charge is 0.199 e. The van der Waals surface area contributed by atoms with Crippen LogP contribution in [-0.2, 0) is 10.0 Å². The lowest BCUT2D eigenvalue weighted by atomic mass is 10.2. The van der Waals surface area contributed by atoms with Crippen LogP contribution in [0.3, 0.4) is 0 Å². The zero-order chi connectivity index (χ0) is 11.8. The Kier molecular flexibility index (Phi) is 2.73. The quantitative estimate of drug-likeness (QED) is 0.827. The predicted molar refractivity (Wildman–Crippen MR) is 61.0 cm³/mol. The van der Waals surface area contributed by atoms with Crippen molar-refractivity contribution < 1.29 is 8.42 Å². The molecule has 1 heterocycles. The molecule has 1 aromatic carbocycles. The van der Waals surface area contributed by atoms with Crippen LogP contribution < -0.4 is 0 Å². The molecular weight excluding hydrogens is 248 g/mol. The Bertz CT molecular complexity index is 602. The number of hydrogen-bond donors (Lipinski definition) is 0. The first-order valence-electron chi connectivity index (χ1n) is 4.53. The van der Waals surface area contributed by atoms with Crippen molar-refractivity contribution in [2.75, 3.05) is 0 Å². The summed E-state index contributed by atoms with van der Waals surface area (Å²) in [4.78, 5) is 0.192. The van der Waals surface area contributed by atoms with Gasteiger partial charge in [0.15, 0.2) is 5.15 Å². The molecule has 2 rings (SSSR count). The van der Waals surface area contributed by atoms with E-state index in [4.69, 9.17) is 11.6 Å². The van der Waals surface area contributed by atoms with Gasteiger partial charge in [-0.2, -0.15) is 12.5 Å². The molecule has 1 aromatic heterocycles. The van der Waals surface area contributed by atoms with Gasteiger partial charge in [-0.15, -0.1) is 5.10 Å². The molecule has 6 heteroatoms. The average molecular weight is 257 g/mol. The number of rotatable bonds is 2. The van der Waals surface area contributed by atoms with Crippen LogP contribution in [0, 0.1) is 6.92 Å². The Labute approximate surface area is 98.5 Å². The molecule has 0 aliphatic rings. The van der Waals surface area contributed by atoms with Gasteiger partial charge in [-0.3, -0.25) is 0 Å². The minimum Gasteiger partial charge on any atom is -0.199 e. The van der Waals surface area contributed by atoms with Crippen molar-refractivity contribution in [3.05, 3.63) is 47.2 Å². The van der Waals surface area contributed by atoms with Gasteiger partial charge in [0, 0.05) is 6.20 Å². The van der Waals surface area contributed by atoms with Crippen molar-refractivity contribution in [3.8, 4) is 0 Å². The minimum absolute atomic E-state index is 0.149. The first kappa shape index (κ1) is 11.2. The Balaban J connectivity index is 2.51. The first-order chi connectivity index (χ1) is 7.50. The third kappa shape index (κ3) is 1.96. The van der Waals surface area contributed by atoms with Gasteiger partial charge in [0.1, 0.15) is 0 Å². The summed E-state index contributed by atoms with van der Waals surface area (Å²) in [5.74, 6) is 0. The molecule has 0 saturated heterocycles. The van der Waals surface area contributed by atoms with Gasteiger partial charge in [-0.25, -0.2) is 0 Å². The van der Waals surface area contributed by atoms with Crippen LogP contribution in [0.25, 0.3) is 0 Å². The highest BCUT2D eigenvalue weighted by molar-refractivity contribution is 7.89. The fraction of sp³-hybridized carbons (Fsp3) is 0.100. The van der Waals surface area contributed by atoms with Gasteiger partial charge in [0.25, 0.3) is 10.0 Å².